The summed E-state index contributed by atoms with van der Waals surface area (Å²) in [6, 6.07) is 9.70. The summed E-state index contributed by atoms with van der Waals surface area (Å²) in [6.07, 6.45) is 0.771. The van der Waals surface area contributed by atoms with Crippen molar-refractivity contribution in [1.82, 2.24) is 5.01 Å². The molecule has 1 amide bonds. The molecule has 1 rings (SSSR count). The maximum Gasteiger partial charge on any atom is 0.228 e. The molecule has 0 saturated heterocycles. The molecule has 0 saturated carbocycles. The maximum atomic E-state index is 10.4. The van der Waals surface area contributed by atoms with Crippen LogP contribution in [0.3, 0.4) is 0 Å². The minimum atomic E-state index is 0.771. The van der Waals surface area contributed by atoms with E-state index in [2.05, 4.69) is 0 Å². The molecule has 0 fully saturated rings. The second-order valence-electron chi connectivity index (χ2n) is 2.54. The molecule has 0 aliphatic heterocycles. The molecule has 0 unspecified atom stereocenters. The molecule has 1 aromatic rings. The zero-order valence-corrected chi connectivity index (χ0v) is 11.3. The van der Waals surface area contributed by atoms with E-state index in [1.807, 2.05) is 65.1 Å². The third-order valence-corrected chi connectivity index (χ3v) is 1.76. The van der Waals surface area contributed by atoms with Gasteiger partial charge in [0.15, 0.2) is 0 Å². The highest BCUT2D eigenvalue weighted by molar-refractivity contribution is 5.54. The van der Waals surface area contributed by atoms with Crippen LogP contribution in [0.5, 0.6) is 0 Å². The van der Waals surface area contributed by atoms with E-state index < -0.39 is 0 Å². The number of hydrogen-bond donors (Lipinski definition) is 0. The molecule has 0 spiro atoms. The summed E-state index contributed by atoms with van der Waals surface area (Å²) in [5.74, 6) is 0. The van der Waals surface area contributed by atoms with Crippen LogP contribution in [0.4, 0.5) is 5.69 Å². The molecule has 0 aromatic heterocycles. The SMILES string of the molecule is CC.CC.CN(C=O)N(C)c1ccccc1. The van der Waals surface area contributed by atoms with Gasteiger partial charge in [-0.1, -0.05) is 45.9 Å². The number of carbonyl (C=O) groups is 1. The van der Waals surface area contributed by atoms with Gasteiger partial charge in [-0.05, 0) is 12.1 Å². The van der Waals surface area contributed by atoms with Crippen LogP contribution >= 0.6 is 0 Å². The molecule has 92 valence electrons. The van der Waals surface area contributed by atoms with Gasteiger partial charge in [-0.15, -0.1) is 0 Å². The van der Waals surface area contributed by atoms with Crippen molar-refractivity contribution >= 4 is 12.1 Å². The van der Waals surface area contributed by atoms with Crippen LogP contribution < -0.4 is 5.01 Å². The first-order chi connectivity index (χ1) is 7.75. The minimum Gasteiger partial charge on any atom is -0.287 e. The van der Waals surface area contributed by atoms with E-state index in [-0.39, 0.29) is 0 Å². The van der Waals surface area contributed by atoms with Gasteiger partial charge in [-0.3, -0.25) is 14.8 Å². The molecule has 0 heterocycles. The van der Waals surface area contributed by atoms with Crippen molar-refractivity contribution in [2.75, 3.05) is 19.1 Å². The summed E-state index contributed by atoms with van der Waals surface area (Å²) >= 11 is 0. The van der Waals surface area contributed by atoms with Crippen molar-refractivity contribution in [1.29, 1.82) is 0 Å². The molecule has 0 bridgehead atoms. The van der Waals surface area contributed by atoms with Crippen LogP contribution in [-0.4, -0.2) is 25.5 Å². The Kier molecular flexibility index (Phi) is 12.2. The lowest BCUT2D eigenvalue weighted by Crippen LogP contribution is -2.35. The van der Waals surface area contributed by atoms with Crippen molar-refractivity contribution in [3.8, 4) is 0 Å². The van der Waals surface area contributed by atoms with Gasteiger partial charge in [0, 0.05) is 14.1 Å². The van der Waals surface area contributed by atoms with Crippen molar-refractivity contribution in [2.24, 2.45) is 0 Å². The lowest BCUT2D eigenvalue weighted by Gasteiger charge is -2.26. The number of rotatable bonds is 3. The minimum absolute atomic E-state index is 0.771. The Morgan fingerprint density at radius 3 is 1.75 bits per heavy atom. The Bertz CT molecular complexity index is 249. The first-order valence-electron chi connectivity index (χ1n) is 5.72. The van der Waals surface area contributed by atoms with Gasteiger partial charge >= 0.3 is 0 Å². The Hall–Kier alpha value is -1.51. The Balaban J connectivity index is 0. The number of anilines is 1. The molecule has 0 radical (unpaired) electrons. The molecule has 0 N–H and O–H groups in total. The van der Waals surface area contributed by atoms with Gasteiger partial charge in [0.2, 0.25) is 6.41 Å². The average Bonchev–Trinajstić information content (AvgIpc) is 2.42. The molecule has 1 aromatic carbocycles. The normalized spacial score (nSPS) is 7.62. The second kappa shape index (κ2) is 11.6. The number of hydrazine groups is 1. The zero-order valence-electron chi connectivity index (χ0n) is 11.3. The third kappa shape index (κ3) is 6.06. The number of amides is 1. The van der Waals surface area contributed by atoms with Gasteiger partial charge in [0.1, 0.15) is 0 Å². The predicted molar refractivity (Wildman–Crippen MR) is 71.4 cm³/mol. The number of hydrogen-bond acceptors (Lipinski definition) is 2. The van der Waals surface area contributed by atoms with Crippen LogP contribution in [0.15, 0.2) is 30.3 Å². The quantitative estimate of drug-likeness (QED) is 0.581. The molecule has 3 heteroatoms. The van der Waals surface area contributed by atoms with E-state index in [1.54, 1.807) is 12.1 Å². The lowest BCUT2D eigenvalue weighted by atomic mass is 10.3. The topological polar surface area (TPSA) is 23.6 Å². The van der Waals surface area contributed by atoms with E-state index in [4.69, 9.17) is 0 Å². The first kappa shape index (κ1) is 16.9. The van der Waals surface area contributed by atoms with Gasteiger partial charge in [-0.25, -0.2) is 0 Å². The van der Waals surface area contributed by atoms with Crippen LogP contribution in [0, 0.1) is 0 Å². The van der Waals surface area contributed by atoms with Gasteiger partial charge in [0.25, 0.3) is 0 Å². The highest BCUT2D eigenvalue weighted by Gasteiger charge is 2.02. The Morgan fingerprint density at radius 2 is 1.38 bits per heavy atom. The molecular formula is C13H24N2O. The standard InChI is InChI=1S/C9H12N2O.2C2H6/c1-10(8-12)11(2)9-6-4-3-5-7-9;2*1-2/h3-8H,1-2H3;2*1-2H3. The summed E-state index contributed by atoms with van der Waals surface area (Å²) in [6.45, 7) is 8.00. The van der Waals surface area contributed by atoms with Crippen molar-refractivity contribution < 1.29 is 4.79 Å². The molecule has 0 aliphatic rings. The van der Waals surface area contributed by atoms with Crippen LogP contribution in [0.2, 0.25) is 0 Å². The summed E-state index contributed by atoms with van der Waals surface area (Å²) in [7, 11) is 3.55. The van der Waals surface area contributed by atoms with Gasteiger partial charge in [-0.2, -0.15) is 0 Å². The zero-order chi connectivity index (χ0) is 13.0. The first-order valence-corrected chi connectivity index (χ1v) is 5.72. The van der Waals surface area contributed by atoms with Crippen molar-refractivity contribution in [3.05, 3.63) is 30.3 Å². The molecule has 0 aliphatic carbocycles. The Labute approximate surface area is 99.6 Å². The highest BCUT2D eigenvalue weighted by Crippen LogP contribution is 2.10. The second-order valence-corrected chi connectivity index (χ2v) is 2.54. The molecule has 0 atom stereocenters. The van der Waals surface area contributed by atoms with Crippen molar-refractivity contribution in [2.45, 2.75) is 27.7 Å². The summed E-state index contributed by atoms with van der Waals surface area (Å²) in [5, 5.41) is 3.25. The Morgan fingerprint density at radius 1 is 0.938 bits per heavy atom. The van der Waals surface area contributed by atoms with E-state index in [0.717, 1.165) is 12.1 Å². The van der Waals surface area contributed by atoms with Crippen molar-refractivity contribution in [3.63, 3.8) is 0 Å². The monoisotopic (exact) mass is 224 g/mol. The van der Waals surface area contributed by atoms with Crippen LogP contribution in [0.1, 0.15) is 27.7 Å². The fourth-order valence-corrected chi connectivity index (χ4v) is 0.897. The molecular weight excluding hydrogens is 200 g/mol. The third-order valence-electron chi connectivity index (χ3n) is 1.76. The van der Waals surface area contributed by atoms with E-state index in [1.165, 1.54) is 5.01 Å². The lowest BCUT2D eigenvalue weighted by molar-refractivity contribution is -0.117. The molecule has 16 heavy (non-hydrogen) atoms. The smallest absolute Gasteiger partial charge is 0.228 e. The largest absolute Gasteiger partial charge is 0.287 e. The number of benzene rings is 1. The summed E-state index contributed by atoms with van der Waals surface area (Å²) in [4.78, 5) is 10.4. The predicted octanol–water partition coefficient (Wildman–Crippen LogP) is 3.18. The molecule has 3 nitrogen and oxygen atoms in total. The van der Waals surface area contributed by atoms with Crippen LogP contribution in [0.25, 0.3) is 0 Å². The number of para-hydroxylation sites is 1. The van der Waals surface area contributed by atoms with Crippen LogP contribution in [-0.2, 0) is 4.79 Å². The maximum absolute atomic E-state index is 10.4. The highest BCUT2D eigenvalue weighted by atomic mass is 16.1. The fraction of sp³-hybridized carbons (Fsp3) is 0.462. The van der Waals surface area contributed by atoms with E-state index in [0.29, 0.717) is 0 Å². The van der Waals surface area contributed by atoms with E-state index >= 15 is 0 Å². The van der Waals surface area contributed by atoms with Gasteiger partial charge in [0.05, 0.1) is 5.69 Å². The average molecular weight is 224 g/mol. The number of nitrogens with zero attached hydrogens (tertiary/aromatic N) is 2. The van der Waals surface area contributed by atoms with E-state index in [9.17, 15) is 4.79 Å². The summed E-state index contributed by atoms with van der Waals surface area (Å²) < 4.78 is 0. The number of carbonyl (C=O) groups excluding carboxylic acids is 1. The van der Waals surface area contributed by atoms with Gasteiger partial charge < -0.3 is 0 Å². The fourth-order valence-electron chi connectivity index (χ4n) is 0.897. The summed E-state index contributed by atoms with van der Waals surface area (Å²) in [5.41, 5.74) is 0.993.